The summed E-state index contributed by atoms with van der Waals surface area (Å²) in [6.07, 6.45) is 0. The van der Waals surface area contributed by atoms with Crippen LogP contribution in [0.5, 0.6) is 5.75 Å². The zero-order valence-electron chi connectivity index (χ0n) is 7.95. The van der Waals surface area contributed by atoms with Crippen LogP contribution in [0, 0.1) is 0 Å². The molecule has 0 unspecified atom stereocenters. The second-order valence-corrected chi connectivity index (χ2v) is 5.57. The van der Waals surface area contributed by atoms with Crippen molar-refractivity contribution in [3.8, 4) is 5.75 Å². The fourth-order valence-corrected chi connectivity index (χ4v) is 1.74. The highest BCUT2D eigenvalue weighted by Gasteiger charge is 2.10. The summed E-state index contributed by atoms with van der Waals surface area (Å²) in [5, 5.41) is 9.69. The Morgan fingerprint density at radius 2 is 1.06 bits per heavy atom. The minimum Gasteiger partial charge on any atom is -0.508 e. The summed E-state index contributed by atoms with van der Waals surface area (Å²) in [6.45, 7) is 0. The summed E-state index contributed by atoms with van der Waals surface area (Å²) >= 11 is 33.9. The van der Waals surface area contributed by atoms with Crippen molar-refractivity contribution in [1.82, 2.24) is 0 Å². The average molecular weight is 353 g/mol. The Balaban J connectivity index is 3.40. The number of phenolic OH excluding ortho intramolecular Hbond substituents is 1. The van der Waals surface area contributed by atoms with Gasteiger partial charge in [-0.1, -0.05) is 69.6 Å². The normalized spacial score (nSPS) is 10.0. The predicted molar refractivity (Wildman–Crippen MR) is 77.1 cm³/mol. The van der Waals surface area contributed by atoms with Crippen molar-refractivity contribution in [2.75, 3.05) is 0 Å². The van der Waals surface area contributed by atoms with Crippen LogP contribution in [0.2, 0.25) is 0 Å². The van der Waals surface area contributed by atoms with E-state index in [9.17, 15) is 5.11 Å². The van der Waals surface area contributed by atoms with Gasteiger partial charge < -0.3 is 5.11 Å². The van der Waals surface area contributed by atoms with E-state index in [1.165, 1.54) is 12.1 Å². The highest BCUT2D eigenvalue weighted by molar-refractivity contribution is 6.67. The van der Waals surface area contributed by atoms with Crippen LogP contribution in [0.4, 0.5) is 0 Å². The number of halogens is 6. The SMILES string of the molecule is Oc1cc(C(Cl)=C(Cl)Cl)cc(C(Cl)=C(Cl)Cl)c1. The Labute approximate surface area is 128 Å². The lowest BCUT2D eigenvalue weighted by Crippen LogP contribution is -1.84. The van der Waals surface area contributed by atoms with Crippen LogP contribution in [-0.4, -0.2) is 5.11 Å². The van der Waals surface area contributed by atoms with E-state index >= 15 is 0 Å². The number of benzene rings is 1. The second-order valence-electron chi connectivity index (χ2n) is 2.92. The largest absolute Gasteiger partial charge is 0.508 e. The van der Waals surface area contributed by atoms with Crippen LogP contribution in [0.1, 0.15) is 11.1 Å². The molecule has 0 aliphatic rings. The molecular formula is C10H4Cl6O. The van der Waals surface area contributed by atoms with Crippen LogP contribution in [0.15, 0.2) is 27.2 Å². The van der Waals surface area contributed by atoms with Crippen molar-refractivity contribution in [1.29, 1.82) is 0 Å². The number of hydrogen-bond donors (Lipinski definition) is 1. The molecule has 1 aromatic carbocycles. The van der Waals surface area contributed by atoms with Gasteiger partial charge >= 0.3 is 0 Å². The van der Waals surface area contributed by atoms with Gasteiger partial charge in [0.25, 0.3) is 0 Å². The third kappa shape index (κ3) is 4.13. The van der Waals surface area contributed by atoms with Crippen LogP contribution in [0.3, 0.4) is 0 Å². The molecular weight excluding hydrogens is 349 g/mol. The summed E-state index contributed by atoms with van der Waals surface area (Å²) in [5.41, 5.74) is 0.795. The lowest BCUT2D eigenvalue weighted by molar-refractivity contribution is 0.475. The Morgan fingerprint density at radius 1 is 0.706 bits per heavy atom. The average Bonchev–Trinajstić information content (AvgIpc) is 2.25. The molecule has 0 aromatic heterocycles. The van der Waals surface area contributed by atoms with Crippen molar-refractivity contribution >= 4 is 79.7 Å². The van der Waals surface area contributed by atoms with Crippen LogP contribution in [-0.2, 0) is 0 Å². The number of rotatable bonds is 2. The molecule has 0 saturated heterocycles. The van der Waals surface area contributed by atoms with E-state index in [1.54, 1.807) is 6.07 Å². The lowest BCUT2D eigenvalue weighted by Gasteiger charge is -2.06. The van der Waals surface area contributed by atoms with Crippen molar-refractivity contribution in [3.05, 3.63) is 38.3 Å². The monoisotopic (exact) mass is 350 g/mol. The topological polar surface area (TPSA) is 20.2 Å². The quantitative estimate of drug-likeness (QED) is 0.684. The Morgan fingerprint density at radius 3 is 1.35 bits per heavy atom. The van der Waals surface area contributed by atoms with Crippen LogP contribution >= 0.6 is 69.6 Å². The maximum absolute atomic E-state index is 9.52. The first-order valence-electron chi connectivity index (χ1n) is 4.09. The van der Waals surface area contributed by atoms with Gasteiger partial charge in [-0.2, -0.15) is 0 Å². The molecule has 1 N–H and O–H groups in total. The highest BCUT2D eigenvalue weighted by Crippen LogP contribution is 2.35. The van der Waals surface area contributed by atoms with Gasteiger partial charge in [-0.15, -0.1) is 0 Å². The summed E-state index contributed by atoms with van der Waals surface area (Å²) in [7, 11) is 0. The van der Waals surface area contributed by atoms with Crippen molar-refractivity contribution < 1.29 is 5.11 Å². The number of phenols is 1. The van der Waals surface area contributed by atoms with E-state index in [2.05, 4.69) is 0 Å². The zero-order chi connectivity index (χ0) is 13.2. The van der Waals surface area contributed by atoms with Gasteiger partial charge in [-0.3, -0.25) is 0 Å². The molecule has 0 saturated carbocycles. The lowest BCUT2D eigenvalue weighted by atomic mass is 10.1. The summed E-state index contributed by atoms with van der Waals surface area (Å²) < 4.78 is -0.249. The molecule has 0 radical (unpaired) electrons. The standard InChI is InChI=1S/C10H4Cl6O/c11-7(9(13)14)4-1-5(3-6(17)2-4)8(12)10(15)16/h1-3,17H. The fraction of sp³-hybridized carbons (Fsp3) is 0. The molecule has 0 heterocycles. The summed E-state index contributed by atoms with van der Waals surface area (Å²) in [6, 6.07) is 4.30. The van der Waals surface area contributed by atoms with E-state index in [-0.39, 0.29) is 24.8 Å². The molecule has 0 fully saturated rings. The maximum atomic E-state index is 9.52. The molecule has 17 heavy (non-hydrogen) atoms. The second kappa shape index (κ2) is 6.42. The van der Waals surface area contributed by atoms with E-state index < -0.39 is 0 Å². The molecule has 1 nitrogen and oxygen atoms in total. The smallest absolute Gasteiger partial charge is 0.126 e. The van der Waals surface area contributed by atoms with Gasteiger partial charge in [-0.25, -0.2) is 0 Å². The van der Waals surface area contributed by atoms with Crippen LogP contribution in [0.25, 0.3) is 10.1 Å². The molecule has 0 bridgehead atoms. The Bertz CT molecular complexity index is 455. The third-order valence-electron chi connectivity index (χ3n) is 1.76. The van der Waals surface area contributed by atoms with Crippen molar-refractivity contribution in [3.63, 3.8) is 0 Å². The van der Waals surface area contributed by atoms with Gasteiger partial charge in [-0.05, 0) is 29.3 Å². The number of aromatic hydroxyl groups is 1. The van der Waals surface area contributed by atoms with Crippen LogP contribution < -0.4 is 0 Å². The molecule has 0 amide bonds. The molecule has 92 valence electrons. The minimum atomic E-state index is -0.125. The Hall–Kier alpha value is 0.240. The molecule has 0 aliphatic carbocycles. The van der Waals surface area contributed by atoms with E-state index in [4.69, 9.17) is 69.6 Å². The van der Waals surface area contributed by atoms with Gasteiger partial charge in [0, 0.05) is 0 Å². The zero-order valence-corrected chi connectivity index (χ0v) is 12.5. The maximum Gasteiger partial charge on any atom is 0.126 e. The first kappa shape index (κ1) is 15.3. The summed E-state index contributed by atoms with van der Waals surface area (Å²) in [5.74, 6) is -0.0713. The van der Waals surface area contributed by atoms with Crippen molar-refractivity contribution in [2.24, 2.45) is 0 Å². The molecule has 0 aliphatic heterocycles. The summed E-state index contributed by atoms with van der Waals surface area (Å²) in [4.78, 5) is 0. The molecule has 0 spiro atoms. The molecule has 1 aromatic rings. The first-order chi connectivity index (χ1) is 7.82. The highest BCUT2D eigenvalue weighted by atomic mass is 35.5. The van der Waals surface area contributed by atoms with E-state index in [0.29, 0.717) is 11.1 Å². The molecule has 0 atom stereocenters. The van der Waals surface area contributed by atoms with Gasteiger partial charge in [0.2, 0.25) is 0 Å². The minimum absolute atomic E-state index is 0.0713. The van der Waals surface area contributed by atoms with Gasteiger partial charge in [0.15, 0.2) is 0 Å². The first-order valence-corrected chi connectivity index (χ1v) is 6.36. The van der Waals surface area contributed by atoms with Crippen molar-refractivity contribution in [2.45, 2.75) is 0 Å². The van der Waals surface area contributed by atoms with Gasteiger partial charge in [0.05, 0.1) is 10.1 Å². The van der Waals surface area contributed by atoms with E-state index in [0.717, 1.165) is 0 Å². The predicted octanol–water partition coefficient (Wildman–Crippen LogP) is 6.08. The van der Waals surface area contributed by atoms with E-state index in [1.807, 2.05) is 0 Å². The van der Waals surface area contributed by atoms with Gasteiger partial charge in [0.1, 0.15) is 14.7 Å². The Kier molecular flexibility index (Phi) is 5.78. The molecule has 1 rings (SSSR count). The number of hydrogen-bond acceptors (Lipinski definition) is 1. The fourth-order valence-electron chi connectivity index (χ4n) is 1.08. The third-order valence-corrected chi connectivity index (χ3v) is 3.71. The molecule has 7 heteroatoms.